The first-order chi connectivity index (χ1) is 10.3. The molecule has 3 rings (SSSR count). The van der Waals surface area contributed by atoms with E-state index in [-0.39, 0.29) is 0 Å². The minimum absolute atomic E-state index is 0.461. The summed E-state index contributed by atoms with van der Waals surface area (Å²) >= 11 is 0. The highest BCUT2D eigenvalue weighted by Gasteiger charge is 2.09. The third-order valence-corrected chi connectivity index (χ3v) is 3.31. The number of ether oxygens (including phenoxy) is 2. The molecule has 2 aromatic carbocycles. The first-order valence-electron chi connectivity index (χ1n) is 6.70. The number of nitrogens with two attached hydrogens (primary N) is 1. The predicted molar refractivity (Wildman–Crippen MR) is 82.7 cm³/mol. The van der Waals surface area contributed by atoms with Crippen LogP contribution < -0.4 is 15.2 Å². The Kier molecular flexibility index (Phi) is 3.71. The molecule has 4 nitrogen and oxygen atoms in total. The van der Waals surface area contributed by atoms with Crippen LogP contribution in [0.4, 0.5) is 0 Å². The van der Waals surface area contributed by atoms with Gasteiger partial charge in [-0.15, -0.1) is 0 Å². The SMILES string of the molecule is COc1cc(CN)ccc1Oc1nccc2ccccc12. The Bertz CT molecular complexity index is 766. The molecule has 0 bridgehead atoms. The highest BCUT2D eigenvalue weighted by atomic mass is 16.5. The van der Waals surface area contributed by atoms with Crippen LogP contribution in [-0.2, 0) is 6.54 Å². The van der Waals surface area contributed by atoms with Crippen LogP contribution in [-0.4, -0.2) is 12.1 Å². The van der Waals surface area contributed by atoms with E-state index in [0.717, 1.165) is 16.3 Å². The number of nitrogens with zero attached hydrogens (tertiary/aromatic N) is 1. The molecule has 2 N–H and O–H groups in total. The minimum Gasteiger partial charge on any atom is -0.493 e. The van der Waals surface area contributed by atoms with Crippen LogP contribution in [0.1, 0.15) is 5.56 Å². The molecule has 0 radical (unpaired) electrons. The molecule has 0 aliphatic carbocycles. The predicted octanol–water partition coefficient (Wildman–Crippen LogP) is 3.49. The molecule has 0 saturated heterocycles. The lowest BCUT2D eigenvalue weighted by Gasteiger charge is -2.12. The quantitative estimate of drug-likeness (QED) is 0.794. The monoisotopic (exact) mass is 280 g/mol. The number of rotatable bonds is 4. The molecule has 0 atom stereocenters. The Morgan fingerprint density at radius 3 is 2.71 bits per heavy atom. The molecule has 106 valence electrons. The number of hydrogen-bond acceptors (Lipinski definition) is 4. The minimum atomic E-state index is 0.461. The van der Waals surface area contributed by atoms with E-state index in [1.54, 1.807) is 13.3 Å². The summed E-state index contributed by atoms with van der Waals surface area (Å²) in [6, 6.07) is 15.6. The molecule has 21 heavy (non-hydrogen) atoms. The fraction of sp³-hybridized carbons (Fsp3) is 0.118. The van der Waals surface area contributed by atoms with Gasteiger partial charge < -0.3 is 15.2 Å². The summed E-state index contributed by atoms with van der Waals surface area (Å²) in [5, 5.41) is 2.05. The van der Waals surface area contributed by atoms with Gasteiger partial charge in [-0.05, 0) is 35.2 Å². The van der Waals surface area contributed by atoms with E-state index in [1.807, 2.05) is 48.5 Å². The highest BCUT2D eigenvalue weighted by Crippen LogP contribution is 2.34. The summed E-state index contributed by atoms with van der Waals surface area (Å²) in [4.78, 5) is 4.32. The van der Waals surface area contributed by atoms with Crippen molar-refractivity contribution in [1.82, 2.24) is 4.98 Å². The van der Waals surface area contributed by atoms with Gasteiger partial charge in [-0.1, -0.05) is 24.3 Å². The van der Waals surface area contributed by atoms with Crippen LogP contribution in [0, 0.1) is 0 Å². The highest BCUT2D eigenvalue weighted by molar-refractivity contribution is 5.86. The van der Waals surface area contributed by atoms with Gasteiger partial charge in [-0.25, -0.2) is 4.98 Å². The molecule has 1 heterocycles. The Balaban J connectivity index is 2.02. The van der Waals surface area contributed by atoms with Crippen LogP contribution >= 0.6 is 0 Å². The normalized spacial score (nSPS) is 10.6. The van der Waals surface area contributed by atoms with E-state index < -0.39 is 0 Å². The molecular weight excluding hydrogens is 264 g/mol. The van der Waals surface area contributed by atoms with Crippen molar-refractivity contribution >= 4 is 10.8 Å². The zero-order valence-electron chi connectivity index (χ0n) is 11.7. The molecular formula is C17H16N2O2. The number of methoxy groups -OCH3 is 1. The summed E-state index contributed by atoms with van der Waals surface area (Å²) in [7, 11) is 1.61. The largest absolute Gasteiger partial charge is 0.493 e. The summed E-state index contributed by atoms with van der Waals surface area (Å²) in [5.74, 6) is 1.83. The lowest BCUT2D eigenvalue weighted by Crippen LogP contribution is -1.98. The van der Waals surface area contributed by atoms with Crippen molar-refractivity contribution in [3.05, 3.63) is 60.3 Å². The number of benzene rings is 2. The zero-order valence-corrected chi connectivity index (χ0v) is 11.7. The topological polar surface area (TPSA) is 57.4 Å². The fourth-order valence-corrected chi connectivity index (χ4v) is 2.20. The van der Waals surface area contributed by atoms with Crippen molar-refractivity contribution in [2.75, 3.05) is 7.11 Å². The van der Waals surface area contributed by atoms with Crippen LogP contribution in [0.25, 0.3) is 10.8 Å². The summed E-state index contributed by atoms with van der Waals surface area (Å²) in [6.07, 6.45) is 1.73. The number of fused-ring (bicyclic) bond motifs is 1. The number of hydrogen-bond donors (Lipinski definition) is 1. The van der Waals surface area contributed by atoms with Crippen LogP contribution in [0.2, 0.25) is 0 Å². The summed E-state index contributed by atoms with van der Waals surface area (Å²) < 4.78 is 11.3. The second-order valence-electron chi connectivity index (χ2n) is 4.63. The lowest BCUT2D eigenvalue weighted by atomic mass is 10.2. The average Bonchev–Trinajstić information content (AvgIpc) is 2.55. The van der Waals surface area contributed by atoms with Gasteiger partial charge in [0.1, 0.15) is 0 Å². The molecule has 3 aromatic rings. The molecule has 0 amide bonds. The molecule has 1 aromatic heterocycles. The van der Waals surface area contributed by atoms with Crippen molar-refractivity contribution in [2.45, 2.75) is 6.54 Å². The van der Waals surface area contributed by atoms with Crippen molar-refractivity contribution < 1.29 is 9.47 Å². The molecule has 0 aliphatic rings. The Morgan fingerprint density at radius 2 is 1.90 bits per heavy atom. The van der Waals surface area contributed by atoms with Crippen LogP contribution in [0.15, 0.2) is 54.7 Å². The van der Waals surface area contributed by atoms with Gasteiger partial charge in [-0.3, -0.25) is 0 Å². The van der Waals surface area contributed by atoms with E-state index in [4.69, 9.17) is 15.2 Å². The molecule has 0 spiro atoms. The van der Waals surface area contributed by atoms with Gasteiger partial charge in [0.2, 0.25) is 5.88 Å². The molecule has 0 fully saturated rings. The van der Waals surface area contributed by atoms with Crippen molar-refractivity contribution in [3.8, 4) is 17.4 Å². The maximum atomic E-state index is 5.94. The molecule has 0 aliphatic heterocycles. The third kappa shape index (κ3) is 2.66. The summed E-state index contributed by atoms with van der Waals surface area (Å²) in [6.45, 7) is 0.461. The Labute approximate surface area is 123 Å². The van der Waals surface area contributed by atoms with Crippen LogP contribution in [0.5, 0.6) is 17.4 Å². The van der Waals surface area contributed by atoms with Gasteiger partial charge in [0.15, 0.2) is 11.5 Å². The fourth-order valence-electron chi connectivity index (χ4n) is 2.20. The van der Waals surface area contributed by atoms with Crippen molar-refractivity contribution in [3.63, 3.8) is 0 Å². The first kappa shape index (κ1) is 13.4. The maximum absolute atomic E-state index is 5.94. The van der Waals surface area contributed by atoms with Crippen LogP contribution in [0.3, 0.4) is 0 Å². The van der Waals surface area contributed by atoms with Gasteiger partial charge >= 0.3 is 0 Å². The van der Waals surface area contributed by atoms with Gasteiger partial charge in [-0.2, -0.15) is 0 Å². The molecule has 0 unspecified atom stereocenters. The Morgan fingerprint density at radius 1 is 1.05 bits per heavy atom. The average molecular weight is 280 g/mol. The van der Waals surface area contributed by atoms with E-state index in [0.29, 0.717) is 23.9 Å². The van der Waals surface area contributed by atoms with Gasteiger partial charge in [0.05, 0.1) is 7.11 Å². The second kappa shape index (κ2) is 5.81. The number of pyridine rings is 1. The molecule has 0 saturated carbocycles. The first-order valence-corrected chi connectivity index (χ1v) is 6.70. The smallest absolute Gasteiger partial charge is 0.227 e. The lowest BCUT2D eigenvalue weighted by molar-refractivity contribution is 0.375. The Hall–Kier alpha value is -2.59. The van der Waals surface area contributed by atoms with E-state index in [1.165, 1.54) is 0 Å². The summed E-state index contributed by atoms with van der Waals surface area (Å²) in [5.41, 5.74) is 6.63. The second-order valence-corrected chi connectivity index (χ2v) is 4.63. The number of aromatic nitrogens is 1. The standard InChI is InChI=1S/C17H16N2O2/c1-20-16-10-12(11-18)6-7-15(16)21-17-14-5-3-2-4-13(14)8-9-19-17/h2-10H,11,18H2,1H3. The van der Waals surface area contributed by atoms with Crippen molar-refractivity contribution in [2.24, 2.45) is 5.73 Å². The zero-order chi connectivity index (χ0) is 14.7. The maximum Gasteiger partial charge on any atom is 0.227 e. The van der Waals surface area contributed by atoms with E-state index in [2.05, 4.69) is 4.98 Å². The van der Waals surface area contributed by atoms with Gasteiger partial charge in [0.25, 0.3) is 0 Å². The van der Waals surface area contributed by atoms with E-state index in [9.17, 15) is 0 Å². The van der Waals surface area contributed by atoms with Crippen molar-refractivity contribution in [1.29, 1.82) is 0 Å². The third-order valence-electron chi connectivity index (χ3n) is 3.31. The van der Waals surface area contributed by atoms with E-state index >= 15 is 0 Å². The van der Waals surface area contributed by atoms with Gasteiger partial charge in [0, 0.05) is 18.1 Å². The molecule has 4 heteroatoms.